The van der Waals surface area contributed by atoms with Crippen molar-refractivity contribution in [2.75, 3.05) is 26.7 Å². The molecule has 1 aliphatic heterocycles. The Morgan fingerprint density at radius 2 is 1.81 bits per heavy atom. The van der Waals surface area contributed by atoms with E-state index in [1.807, 2.05) is 0 Å². The number of likely N-dealkylation sites (tertiary alicyclic amines) is 1. The summed E-state index contributed by atoms with van der Waals surface area (Å²) in [7, 11) is 2.05. The SMILES string of the molecule is CNC(C)CCCCN1CCC(C)(C)CC1. The van der Waals surface area contributed by atoms with Gasteiger partial charge in [0.25, 0.3) is 0 Å². The Kier molecular flexibility index (Phi) is 5.77. The molecular weight excluding hydrogens is 196 g/mol. The average molecular weight is 226 g/mol. The number of hydrogen-bond acceptors (Lipinski definition) is 2. The molecule has 1 fully saturated rings. The molecule has 1 atom stereocenters. The number of rotatable bonds is 6. The van der Waals surface area contributed by atoms with Crippen LogP contribution >= 0.6 is 0 Å². The van der Waals surface area contributed by atoms with Crippen molar-refractivity contribution < 1.29 is 0 Å². The lowest BCUT2D eigenvalue weighted by atomic mass is 9.82. The molecule has 0 aromatic heterocycles. The van der Waals surface area contributed by atoms with Gasteiger partial charge in [-0.05, 0) is 64.7 Å². The maximum Gasteiger partial charge on any atom is 0.00357 e. The van der Waals surface area contributed by atoms with E-state index in [1.54, 1.807) is 0 Å². The van der Waals surface area contributed by atoms with Crippen LogP contribution in [-0.2, 0) is 0 Å². The standard InChI is InChI=1S/C14H30N2/c1-13(15-4)7-5-6-10-16-11-8-14(2,3)9-12-16/h13,15H,5-12H2,1-4H3. The molecule has 1 N–H and O–H groups in total. The summed E-state index contributed by atoms with van der Waals surface area (Å²) in [6.07, 6.45) is 6.80. The van der Waals surface area contributed by atoms with Crippen LogP contribution in [0.3, 0.4) is 0 Å². The number of hydrogen-bond donors (Lipinski definition) is 1. The van der Waals surface area contributed by atoms with Crippen molar-refractivity contribution in [2.24, 2.45) is 5.41 Å². The highest BCUT2D eigenvalue weighted by atomic mass is 15.1. The predicted octanol–water partition coefficient (Wildman–Crippen LogP) is 2.89. The van der Waals surface area contributed by atoms with Crippen molar-refractivity contribution >= 4 is 0 Å². The monoisotopic (exact) mass is 226 g/mol. The quantitative estimate of drug-likeness (QED) is 0.701. The third kappa shape index (κ3) is 5.31. The molecule has 0 radical (unpaired) electrons. The largest absolute Gasteiger partial charge is 0.317 e. The summed E-state index contributed by atoms with van der Waals surface area (Å²) in [6.45, 7) is 11.0. The van der Waals surface area contributed by atoms with Crippen molar-refractivity contribution in [1.82, 2.24) is 10.2 Å². The van der Waals surface area contributed by atoms with Gasteiger partial charge in [-0.2, -0.15) is 0 Å². The molecule has 0 aromatic carbocycles. The Bertz CT molecular complexity index is 179. The van der Waals surface area contributed by atoms with Gasteiger partial charge in [-0.1, -0.05) is 20.3 Å². The first kappa shape index (κ1) is 14.0. The molecule has 0 bridgehead atoms. The summed E-state index contributed by atoms with van der Waals surface area (Å²) < 4.78 is 0. The fourth-order valence-corrected chi connectivity index (χ4v) is 2.31. The third-order valence-corrected chi connectivity index (χ3v) is 4.06. The molecule has 0 amide bonds. The molecule has 1 unspecified atom stereocenters. The second-order valence-electron chi connectivity index (χ2n) is 6.19. The predicted molar refractivity (Wildman–Crippen MR) is 71.8 cm³/mol. The van der Waals surface area contributed by atoms with Gasteiger partial charge < -0.3 is 10.2 Å². The van der Waals surface area contributed by atoms with E-state index >= 15 is 0 Å². The van der Waals surface area contributed by atoms with Crippen LogP contribution in [0.1, 0.15) is 52.9 Å². The molecule has 1 heterocycles. The highest BCUT2D eigenvalue weighted by Crippen LogP contribution is 2.29. The van der Waals surface area contributed by atoms with Crippen LogP contribution in [0.2, 0.25) is 0 Å². The Balaban J connectivity index is 2.02. The van der Waals surface area contributed by atoms with Gasteiger partial charge >= 0.3 is 0 Å². The zero-order valence-corrected chi connectivity index (χ0v) is 11.7. The summed E-state index contributed by atoms with van der Waals surface area (Å²) in [5.74, 6) is 0. The fourth-order valence-electron chi connectivity index (χ4n) is 2.31. The Hall–Kier alpha value is -0.0800. The molecule has 16 heavy (non-hydrogen) atoms. The van der Waals surface area contributed by atoms with E-state index in [-0.39, 0.29) is 0 Å². The lowest BCUT2D eigenvalue weighted by molar-refractivity contribution is 0.130. The van der Waals surface area contributed by atoms with E-state index in [0.29, 0.717) is 11.5 Å². The smallest absolute Gasteiger partial charge is 0.00357 e. The molecule has 1 rings (SSSR count). The zero-order valence-electron chi connectivity index (χ0n) is 11.7. The van der Waals surface area contributed by atoms with Gasteiger partial charge in [-0.25, -0.2) is 0 Å². The van der Waals surface area contributed by atoms with Crippen molar-refractivity contribution in [3.05, 3.63) is 0 Å². The Morgan fingerprint density at radius 3 is 2.38 bits per heavy atom. The molecule has 0 aliphatic carbocycles. The van der Waals surface area contributed by atoms with Gasteiger partial charge in [0.05, 0.1) is 0 Å². The van der Waals surface area contributed by atoms with E-state index < -0.39 is 0 Å². The van der Waals surface area contributed by atoms with E-state index in [1.165, 1.54) is 51.7 Å². The van der Waals surface area contributed by atoms with Gasteiger partial charge in [-0.15, -0.1) is 0 Å². The first-order chi connectivity index (χ1) is 7.53. The van der Waals surface area contributed by atoms with Crippen molar-refractivity contribution in [3.63, 3.8) is 0 Å². The summed E-state index contributed by atoms with van der Waals surface area (Å²) in [6, 6.07) is 0.681. The lowest BCUT2D eigenvalue weighted by Gasteiger charge is -2.36. The molecular formula is C14H30N2. The van der Waals surface area contributed by atoms with E-state index in [2.05, 4.69) is 38.0 Å². The van der Waals surface area contributed by atoms with E-state index in [4.69, 9.17) is 0 Å². The van der Waals surface area contributed by atoms with E-state index in [9.17, 15) is 0 Å². The van der Waals surface area contributed by atoms with Crippen LogP contribution in [0.15, 0.2) is 0 Å². The van der Waals surface area contributed by atoms with Gasteiger partial charge in [-0.3, -0.25) is 0 Å². The van der Waals surface area contributed by atoms with Crippen LogP contribution in [0.25, 0.3) is 0 Å². The van der Waals surface area contributed by atoms with Crippen LogP contribution < -0.4 is 5.32 Å². The van der Waals surface area contributed by atoms with E-state index in [0.717, 1.165) is 0 Å². The Labute approximate surface area is 102 Å². The molecule has 0 aromatic rings. The average Bonchev–Trinajstić information content (AvgIpc) is 2.26. The summed E-state index contributed by atoms with van der Waals surface area (Å²) >= 11 is 0. The van der Waals surface area contributed by atoms with Crippen LogP contribution in [0.4, 0.5) is 0 Å². The first-order valence-electron chi connectivity index (χ1n) is 6.93. The van der Waals surface area contributed by atoms with Crippen molar-refractivity contribution in [3.8, 4) is 0 Å². The normalized spacial score (nSPS) is 23.2. The maximum absolute atomic E-state index is 3.30. The molecule has 0 spiro atoms. The highest BCUT2D eigenvalue weighted by Gasteiger charge is 2.24. The minimum Gasteiger partial charge on any atom is -0.317 e. The van der Waals surface area contributed by atoms with Gasteiger partial charge in [0.2, 0.25) is 0 Å². The number of nitrogens with one attached hydrogen (secondary N) is 1. The van der Waals surface area contributed by atoms with Gasteiger partial charge in [0, 0.05) is 6.04 Å². The van der Waals surface area contributed by atoms with Gasteiger partial charge in [0.15, 0.2) is 0 Å². The molecule has 1 saturated heterocycles. The van der Waals surface area contributed by atoms with Crippen LogP contribution in [-0.4, -0.2) is 37.6 Å². The molecule has 96 valence electrons. The highest BCUT2D eigenvalue weighted by molar-refractivity contribution is 4.78. The van der Waals surface area contributed by atoms with Crippen molar-refractivity contribution in [2.45, 2.75) is 58.9 Å². The van der Waals surface area contributed by atoms with Crippen LogP contribution in [0.5, 0.6) is 0 Å². The maximum atomic E-state index is 3.30. The topological polar surface area (TPSA) is 15.3 Å². The molecule has 2 nitrogen and oxygen atoms in total. The summed E-state index contributed by atoms with van der Waals surface area (Å²) in [5.41, 5.74) is 0.594. The van der Waals surface area contributed by atoms with Crippen LogP contribution in [0, 0.1) is 5.41 Å². The first-order valence-corrected chi connectivity index (χ1v) is 6.93. The molecule has 1 aliphatic rings. The third-order valence-electron chi connectivity index (χ3n) is 4.06. The molecule has 2 heteroatoms. The minimum absolute atomic E-state index is 0.594. The van der Waals surface area contributed by atoms with Crippen molar-refractivity contribution in [1.29, 1.82) is 0 Å². The second-order valence-corrected chi connectivity index (χ2v) is 6.19. The fraction of sp³-hybridized carbons (Fsp3) is 1.00. The van der Waals surface area contributed by atoms with Gasteiger partial charge in [0.1, 0.15) is 0 Å². The number of nitrogens with zero attached hydrogens (tertiary/aromatic N) is 1. The number of unbranched alkanes of at least 4 members (excludes halogenated alkanes) is 1. The Morgan fingerprint density at radius 1 is 1.19 bits per heavy atom. The number of piperidine rings is 1. The lowest BCUT2D eigenvalue weighted by Crippen LogP contribution is -2.37. The molecule has 0 saturated carbocycles. The summed E-state index contributed by atoms with van der Waals surface area (Å²) in [4.78, 5) is 2.65. The second kappa shape index (κ2) is 6.61. The zero-order chi connectivity index (χ0) is 12.0. The minimum atomic E-state index is 0.594. The summed E-state index contributed by atoms with van der Waals surface area (Å²) in [5, 5.41) is 3.30.